The molecule has 7 heteroatoms. The Morgan fingerprint density at radius 1 is 0.903 bits per heavy atom. The minimum atomic E-state index is -2.54. The number of aliphatic hydroxyl groups is 1. The fourth-order valence-electron chi connectivity index (χ4n) is 5.13. The summed E-state index contributed by atoms with van der Waals surface area (Å²) in [5.41, 5.74) is 0.368. The second kappa shape index (κ2) is 10.1. The van der Waals surface area contributed by atoms with Gasteiger partial charge in [0.15, 0.2) is 0 Å². The largest absolute Gasteiger partial charge is 0.492 e. The quantitative estimate of drug-likeness (QED) is 0.676. The van der Waals surface area contributed by atoms with Crippen molar-refractivity contribution < 1.29 is 18.6 Å². The molecular weight excluding hydrogens is 400 g/mol. The number of alkyl halides is 2. The lowest BCUT2D eigenvalue weighted by molar-refractivity contribution is -0.0724. The topological polar surface area (TPSA) is 39.2 Å². The Labute approximate surface area is 185 Å². The molecule has 3 fully saturated rings. The van der Waals surface area contributed by atoms with Gasteiger partial charge in [0, 0.05) is 58.7 Å². The maximum absolute atomic E-state index is 13.4. The number of β-amino-alcohol motifs (C(OH)–C–C–N with tert-alkyl or cyclic N) is 1. The zero-order valence-corrected chi connectivity index (χ0v) is 18.6. The first-order valence-electron chi connectivity index (χ1n) is 11.9. The van der Waals surface area contributed by atoms with Crippen molar-refractivity contribution in [3.8, 4) is 5.75 Å². The summed E-state index contributed by atoms with van der Waals surface area (Å²) in [7, 11) is 0. The van der Waals surface area contributed by atoms with Gasteiger partial charge in [-0.05, 0) is 50.0 Å². The molecule has 31 heavy (non-hydrogen) atoms. The SMILES string of the molecule is O[C@@]1(CN2CCC(F)(F)CC2)CCN(Cc2cccc(OCCN3CCCCC3)c2)C1. The Hall–Kier alpha value is -1.28. The van der Waals surface area contributed by atoms with Gasteiger partial charge in [-0.15, -0.1) is 0 Å². The van der Waals surface area contributed by atoms with Crippen LogP contribution in [0.15, 0.2) is 24.3 Å². The standard InChI is InChI=1S/C24H37F2N3O2/c25-24(26)8-13-28(14-9-24)19-23(30)7-12-29(20-23)18-21-5-4-6-22(17-21)31-16-15-27-10-2-1-3-11-27/h4-6,17,30H,1-3,7-16,18-20H2/t23-/m1/s1. The van der Waals surface area contributed by atoms with Crippen LogP contribution in [0.3, 0.4) is 0 Å². The number of hydrogen-bond acceptors (Lipinski definition) is 5. The molecule has 0 amide bonds. The van der Waals surface area contributed by atoms with Crippen LogP contribution in [-0.2, 0) is 6.54 Å². The molecule has 0 saturated carbocycles. The fraction of sp³-hybridized carbons (Fsp3) is 0.750. The monoisotopic (exact) mass is 437 g/mol. The molecule has 3 aliphatic rings. The molecule has 1 N–H and O–H groups in total. The number of ether oxygens (including phenoxy) is 1. The van der Waals surface area contributed by atoms with Crippen LogP contribution >= 0.6 is 0 Å². The van der Waals surface area contributed by atoms with Crippen LogP contribution in [0.4, 0.5) is 8.78 Å². The van der Waals surface area contributed by atoms with Gasteiger partial charge in [-0.25, -0.2) is 8.78 Å². The lowest BCUT2D eigenvalue weighted by atomic mass is 10.00. The average molecular weight is 438 g/mol. The first-order valence-corrected chi connectivity index (χ1v) is 11.9. The first-order chi connectivity index (χ1) is 14.9. The number of nitrogens with zero attached hydrogens (tertiary/aromatic N) is 3. The molecule has 0 bridgehead atoms. The van der Waals surface area contributed by atoms with Crippen LogP contribution in [0.5, 0.6) is 5.75 Å². The number of hydrogen-bond donors (Lipinski definition) is 1. The Bertz CT molecular complexity index is 704. The smallest absolute Gasteiger partial charge is 0.250 e. The Morgan fingerprint density at radius 2 is 1.65 bits per heavy atom. The van der Waals surface area contributed by atoms with Crippen LogP contribution in [0.25, 0.3) is 0 Å². The van der Waals surface area contributed by atoms with Crippen molar-refractivity contribution >= 4 is 0 Å². The summed E-state index contributed by atoms with van der Waals surface area (Å²) in [5, 5.41) is 11.0. The summed E-state index contributed by atoms with van der Waals surface area (Å²) in [6, 6.07) is 8.23. The minimum absolute atomic E-state index is 0.0999. The molecule has 3 heterocycles. The highest BCUT2D eigenvalue weighted by atomic mass is 19.3. The third-order valence-electron chi connectivity index (χ3n) is 6.95. The van der Waals surface area contributed by atoms with Crippen molar-refractivity contribution in [3.63, 3.8) is 0 Å². The lowest BCUT2D eigenvalue weighted by Crippen LogP contribution is -2.49. The van der Waals surface area contributed by atoms with Gasteiger partial charge < -0.3 is 9.84 Å². The van der Waals surface area contributed by atoms with Crippen LogP contribution in [0.1, 0.15) is 44.1 Å². The molecule has 0 aliphatic carbocycles. The van der Waals surface area contributed by atoms with Crippen molar-refractivity contribution in [2.24, 2.45) is 0 Å². The molecular formula is C24H37F2N3O2. The average Bonchev–Trinajstić information content (AvgIpc) is 3.11. The van der Waals surface area contributed by atoms with E-state index < -0.39 is 11.5 Å². The van der Waals surface area contributed by atoms with Crippen molar-refractivity contribution in [3.05, 3.63) is 29.8 Å². The van der Waals surface area contributed by atoms with Gasteiger partial charge in [0.25, 0.3) is 5.92 Å². The van der Waals surface area contributed by atoms with Crippen molar-refractivity contribution in [1.82, 2.24) is 14.7 Å². The van der Waals surface area contributed by atoms with Gasteiger partial charge in [-0.2, -0.15) is 0 Å². The Morgan fingerprint density at radius 3 is 2.42 bits per heavy atom. The predicted octanol–water partition coefficient (Wildman–Crippen LogP) is 3.22. The highest BCUT2D eigenvalue weighted by Crippen LogP contribution is 2.30. The number of piperidine rings is 2. The van der Waals surface area contributed by atoms with Crippen molar-refractivity contribution in [2.45, 2.75) is 56.6 Å². The highest BCUT2D eigenvalue weighted by molar-refractivity contribution is 5.28. The number of benzene rings is 1. The molecule has 0 radical (unpaired) electrons. The zero-order valence-electron chi connectivity index (χ0n) is 18.6. The maximum atomic E-state index is 13.4. The number of halogens is 2. The molecule has 0 unspecified atom stereocenters. The number of likely N-dealkylation sites (tertiary alicyclic amines) is 3. The molecule has 0 aromatic heterocycles. The fourth-order valence-corrected chi connectivity index (χ4v) is 5.13. The second-order valence-corrected chi connectivity index (χ2v) is 9.72. The van der Waals surface area contributed by atoms with Gasteiger partial charge in [0.05, 0.1) is 5.60 Å². The molecule has 5 nitrogen and oxygen atoms in total. The van der Waals surface area contributed by atoms with Crippen LogP contribution in [-0.4, -0.2) is 90.3 Å². The van der Waals surface area contributed by atoms with Crippen LogP contribution in [0.2, 0.25) is 0 Å². The normalized spacial score (nSPS) is 28.1. The molecule has 3 aliphatic heterocycles. The summed E-state index contributed by atoms with van der Waals surface area (Å²) in [6.07, 6.45) is 4.42. The molecule has 4 rings (SSSR count). The van der Waals surface area contributed by atoms with E-state index in [1.807, 2.05) is 17.0 Å². The van der Waals surface area contributed by atoms with Gasteiger partial charge in [-0.3, -0.25) is 14.7 Å². The molecule has 174 valence electrons. The Balaban J connectivity index is 1.22. The van der Waals surface area contributed by atoms with Gasteiger partial charge in [0.2, 0.25) is 0 Å². The van der Waals surface area contributed by atoms with E-state index in [0.29, 0.717) is 39.2 Å². The van der Waals surface area contributed by atoms with E-state index >= 15 is 0 Å². The van der Waals surface area contributed by atoms with Gasteiger partial charge in [-0.1, -0.05) is 18.6 Å². The summed E-state index contributed by atoms with van der Waals surface area (Å²) in [5.74, 6) is -1.64. The Kier molecular flexibility index (Phi) is 7.47. The summed E-state index contributed by atoms with van der Waals surface area (Å²) in [6.45, 7) is 7.44. The van der Waals surface area contributed by atoms with Crippen LogP contribution in [0, 0.1) is 0 Å². The third kappa shape index (κ3) is 6.85. The molecule has 1 aromatic carbocycles. The summed E-state index contributed by atoms with van der Waals surface area (Å²) < 4.78 is 32.8. The van der Waals surface area contributed by atoms with E-state index in [2.05, 4.69) is 21.9 Å². The van der Waals surface area contributed by atoms with E-state index in [9.17, 15) is 13.9 Å². The third-order valence-corrected chi connectivity index (χ3v) is 6.95. The summed E-state index contributed by atoms with van der Waals surface area (Å²) in [4.78, 5) is 6.73. The van der Waals surface area contributed by atoms with Gasteiger partial charge >= 0.3 is 0 Å². The zero-order chi connectivity index (χ0) is 21.7. The van der Waals surface area contributed by atoms with E-state index in [1.165, 1.54) is 37.9 Å². The molecule has 1 atom stereocenters. The first kappa shape index (κ1) is 22.9. The number of rotatable bonds is 8. The lowest BCUT2D eigenvalue weighted by Gasteiger charge is -2.36. The molecule has 3 saturated heterocycles. The van der Waals surface area contributed by atoms with E-state index in [1.54, 1.807) is 0 Å². The van der Waals surface area contributed by atoms with Gasteiger partial charge in [0.1, 0.15) is 12.4 Å². The van der Waals surface area contributed by atoms with Crippen molar-refractivity contribution in [1.29, 1.82) is 0 Å². The molecule has 1 aromatic rings. The molecule has 0 spiro atoms. The van der Waals surface area contributed by atoms with E-state index in [0.717, 1.165) is 25.4 Å². The minimum Gasteiger partial charge on any atom is -0.492 e. The maximum Gasteiger partial charge on any atom is 0.250 e. The van der Waals surface area contributed by atoms with E-state index in [-0.39, 0.29) is 12.8 Å². The second-order valence-electron chi connectivity index (χ2n) is 9.72. The van der Waals surface area contributed by atoms with Crippen LogP contribution < -0.4 is 4.74 Å². The highest BCUT2D eigenvalue weighted by Gasteiger charge is 2.40. The predicted molar refractivity (Wildman–Crippen MR) is 118 cm³/mol. The van der Waals surface area contributed by atoms with Crippen molar-refractivity contribution in [2.75, 3.05) is 59.0 Å². The summed E-state index contributed by atoms with van der Waals surface area (Å²) >= 11 is 0. The van der Waals surface area contributed by atoms with E-state index in [4.69, 9.17) is 4.74 Å².